The number of fused-ring (bicyclic) bond motifs is 1. The van der Waals surface area contributed by atoms with Gasteiger partial charge in [-0.25, -0.2) is 14.5 Å². The second kappa shape index (κ2) is 6.11. The van der Waals surface area contributed by atoms with Crippen LogP contribution in [-0.2, 0) is 0 Å². The van der Waals surface area contributed by atoms with E-state index < -0.39 is 5.97 Å². The van der Waals surface area contributed by atoms with Gasteiger partial charge in [-0.05, 0) is 31.5 Å². The Kier molecular flexibility index (Phi) is 3.77. The van der Waals surface area contributed by atoms with Crippen LogP contribution in [-0.4, -0.2) is 25.8 Å². The molecule has 4 rings (SSSR count). The number of hydrogen-bond donors (Lipinski definition) is 1. The molecule has 0 saturated heterocycles. The van der Waals surface area contributed by atoms with Gasteiger partial charge in [-0.1, -0.05) is 42.0 Å². The van der Waals surface area contributed by atoms with Crippen LogP contribution in [0.2, 0.25) is 0 Å². The Morgan fingerprint density at radius 2 is 1.88 bits per heavy atom. The third-order valence-electron chi connectivity index (χ3n) is 4.45. The van der Waals surface area contributed by atoms with Gasteiger partial charge in [-0.15, -0.1) is 0 Å². The van der Waals surface area contributed by atoms with Crippen molar-refractivity contribution in [3.05, 3.63) is 77.6 Å². The van der Waals surface area contributed by atoms with Crippen LogP contribution in [0.4, 0.5) is 0 Å². The number of para-hydroxylation sites is 1. The monoisotopic (exact) mass is 343 g/mol. The number of benzene rings is 2. The lowest BCUT2D eigenvalue weighted by Crippen LogP contribution is -2.11. The first kappa shape index (κ1) is 16.0. The topological polar surface area (TPSA) is 68.0 Å². The van der Waals surface area contributed by atoms with E-state index in [0.29, 0.717) is 22.3 Å². The predicted molar refractivity (Wildman–Crippen MR) is 101 cm³/mol. The minimum Gasteiger partial charge on any atom is -0.478 e. The summed E-state index contributed by atoms with van der Waals surface area (Å²) < 4.78 is 1.58. The molecule has 0 saturated carbocycles. The lowest BCUT2D eigenvalue weighted by molar-refractivity contribution is 0.0699. The van der Waals surface area contributed by atoms with Crippen LogP contribution in [0.15, 0.2) is 60.9 Å². The summed E-state index contributed by atoms with van der Waals surface area (Å²) in [4.78, 5) is 17.0. The minimum absolute atomic E-state index is 0.203. The molecular weight excluding hydrogens is 326 g/mol. The van der Waals surface area contributed by atoms with Crippen molar-refractivity contribution >= 4 is 16.9 Å². The molecule has 0 fully saturated rings. The van der Waals surface area contributed by atoms with Crippen LogP contribution < -0.4 is 0 Å². The normalized spacial score (nSPS) is 11.0. The van der Waals surface area contributed by atoms with Crippen molar-refractivity contribution in [3.63, 3.8) is 0 Å². The zero-order chi connectivity index (χ0) is 18.3. The Morgan fingerprint density at radius 1 is 1.08 bits per heavy atom. The first-order chi connectivity index (χ1) is 12.6. The number of carboxylic acids is 1. The second-order valence-corrected chi connectivity index (χ2v) is 6.28. The fraction of sp³-hybridized carbons (Fsp3) is 0.0952. The zero-order valence-electron chi connectivity index (χ0n) is 14.5. The number of aromatic carboxylic acids is 1. The largest absolute Gasteiger partial charge is 0.478 e. The Hall–Kier alpha value is -3.47. The van der Waals surface area contributed by atoms with E-state index in [9.17, 15) is 9.90 Å². The highest BCUT2D eigenvalue weighted by Crippen LogP contribution is 2.34. The number of hydrogen-bond acceptors (Lipinski definition) is 3. The number of aromatic nitrogens is 3. The molecule has 5 nitrogen and oxygen atoms in total. The summed E-state index contributed by atoms with van der Waals surface area (Å²) in [6.07, 6.45) is 3.37. The van der Waals surface area contributed by atoms with E-state index in [0.717, 1.165) is 16.7 Å². The Bertz CT molecular complexity index is 1130. The Labute approximate surface area is 150 Å². The molecule has 2 heterocycles. The molecule has 1 N–H and O–H groups in total. The highest BCUT2D eigenvalue weighted by molar-refractivity contribution is 6.08. The van der Waals surface area contributed by atoms with Gasteiger partial charge < -0.3 is 5.11 Å². The van der Waals surface area contributed by atoms with E-state index in [1.54, 1.807) is 29.2 Å². The summed E-state index contributed by atoms with van der Waals surface area (Å²) in [5.74, 6) is -1.000. The molecular formula is C21H17N3O2. The summed E-state index contributed by atoms with van der Waals surface area (Å²) >= 11 is 0. The highest BCUT2D eigenvalue weighted by atomic mass is 16.4. The van der Waals surface area contributed by atoms with Crippen molar-refractivity contribution in [2.45, 2.75) is 13.8 Å². The highest BCUT2D eigenvalue weighted by Gasteiger charge is 2.23. The van der Waals surface area contributed by atoms with Crippen molar-refractivity contribution in [3.8, 4) is 16.9 Å². The van der Waals surface area contributed by atoms with Crippen molar-refractivity contribution < 1.29 is 9.90 Å². The molecule has 0 spiro atoms. The third-order valence-corrected chi connectivity index (χ3v) is 4.45. The standard InChI is InChI=1S/C21H17N3O2/c1-13-8-9-15(14(2)12-13)19-20(24-11-5-10-22-24)18(21(25)26)16-6-3-4-7-17(16)23-19/h3-12H,1-2H3,(H,25,26). The predicted octanol–water partition coefficient (Wildman–Crippen LogP) is 4.40. The quantitative estimate of drug-likeness (QED) is 0.598. The molecule has 26 heavy (non-hydrogen) atoms. The van der Waals surface area contributed by atoms with Gasteiger partial charge in [0.15, 0.2) is 0 Å². The fourth-order valence-electron chi connectivity index (χ4n) is 3.31. The van der Waals surface area contributed by atoms with Gasteiger partial charge in [0.05, 0.1) is 16.8 Å². The van der Waals surface area contributed by atoms with Crippen LogP contribution in [0.1, 0.15) is 21.5 Å². The number of carbonyl (C=O) groups is 1. The van der Waals surface area contributed by atoms with E-state index >= 15 is 0 Å². The summed E-state index contributed by atoms with van der Waals surface area (Å²) in [6, 6.07) is 15.1. The Morgan fingerprint density at radius 3 is 2.58 bits per heavy atom. The van der Waals surface area contributed by atoms with Gasteiger partial charge in [-0.2, -0.15) is 5.10 Å². The molecule has 0 aliphatic heterocycles. The molecule has 0 aliphatic carbocycles. The zero-order valence-corrected chi connectivity index (χ0v) is 14.5. The number of carboxylic acid groups (broad SMARTS) is 1. The maximum atomic E-state index is 12.2. The lowest BCUT2D eigenvalue weighted by Gasteiger charge is -2.16. The number of aryl methyl sites for hydroxylation is 2. The molecule has 4 aromatic rings. The third kappa shape index (κ3) is 2.54. The number of nitrogens with zero attached hydrogens (tertiary/aromatic N) is 3. The molecule has 0 aliphatic rings. The van der Waals surface area contributed by atoms with E-state index in [4.69, 9.17) is 4.98 Å². The van der Waals surface area contributed by atoms with Gasteiger partial charge in [0.1, 0.15) is 5.69 Å². The first-order valence-electron chi connectivity index (χ1n) is 8.30. The SMILES string of the molecule is Cc1ccc(-c2nc3ccccc3c(C(=O)O)c2-n2cccn2)c(C)c1. The summed E-state index contributed by atoms with van der Waals surface area (Å²) in [6.45, 7) is 4.04. The average Bonchev–Trinajstić information content (AvgIpc) is 3.14. The van der Waals surface area contributed by atoms with Crippen molar-refractivity contribution in [1.29, 1.82) is 0 Å². The van der Waals surface area contributed by atoms with Crippen molar-refractivity contribution in [1.82, 2.24) is 14.8 Å². The average molecular weight is 343 g/mol. The molecule has 2 aromatic carbocycles. The fourth-order valence-corrected chi connectivity index (χ4v) is 3.31. The van der Waals surface area contributed by atoms with Crippen molar-refractivity contribution in [2.24, 2.45) is 0 Å². The summed E-state index contributed by atoms with van der Waals surface area (Å²) in [5.41, 5.74) is 5.03. The Balaban J connectivity index is 2.18. The van der Waals surface area contributed by atoms with Gasteiger partial charge in [-0.3, -0.25) is 0 Å². The molecule has 0 unspecified atom stereocenters. The van der Waals surface area contributed by atoms with E-state index in [1.807, 2.05) is 44.2 Å². The maximum absolute atomic E-state index is 12.2. The van der Waals surface area contributed by atoms with Crippen LogP contribution in [0.5, 0.6) is 0 Å². The summed E-state index contributed by atoms with van der Waals surface area (Å²) in [7, 11) is 0. The molecule has 128 valence electrons. The molecule has 0 radical (unpaired) electrons. The first-order valence-corrected chi connectivity index (χ1v) is 8.30. The van der Waals surface area contributed by atoms with E-state index in [2.05, 4.69) is 11.2 Å². The molecule has 0 atom stereocenters. The van der Waals surface area contributed by atoms with Gasteiger partial charge in [0, 0.05) is 23.3 Å². The van der Waals surface area contributed by atoms with Gasteiger partial charge in [0.2, 0.25) is 0 Å². The van der Waals surface area contributed by atoms with E-state index in [-0.39, 0.29) is 5.56 Å². The smallest absolute Gasteiger partial charge is 0.338 e. The van der Waals surface area contributed by atoms with Crippen LogP contribution in [0.25, 0.3) is 27.8 Å². The van der Waals surface area contributed by atoms with Crippen molar-refractivity contribution in [2.75, 3.05) is 0 Å². The number of rotatable bonds is 3. The molecule has 0 bridgehead atoms. The lowest BCUT2D eigenvalue weighted by atomic mass is 9.97. The second-order valence-electron chi connectivity index (χ2n) is 6.28. The summed E-state index contributed by atoms with van der Waals surface area (Å²) in [5, 5.41) is 14.9. The van der Waals surface area contributed by atoms with Crippen LogP contribution in [0.3, 0.4) is 0 Å². The maximum Gasteiger partial charge on any atom is 0.338 e. The molecule has 0 amide bonds. The van der Waals surface area contributed by atoms with Crippen LogP contribution in [0, 0.1) is 13.8 Å². The van der Waals surface area contributed by atoms with E-state index in [1.165, 1.54) is 0 Å². The minimum atomic E-state index is -1.000. The van der Waals surface area contributed by atoms with Crippen LogP contribution >= 0.6 is 0 Å². The molecule has 5 heteroatoms. The molecule has 2 aromatic heterocycles. The van der Waals surface area contributed by atoms with Gasteiger partial charge in [0.25, 0.3) is 0 Å². The van der Waals surface area contributed by atoms with Gasteiger partial charge >= 0.3 is 5.97 Å². The number of pyridine rings is 1.